The van der Waals surface area contributed by atoms with Crippen molar-refractivity contribution in [3.8, 4) is 0 Å². The van der Waals surface area contributed by atoms with Gasteiger partial charge >= 0.3 is 0 Å². The molecule has 0 aliphatic heterocycles. The van der Waals surface area contributed by atoms with Gasteiger partial charge in [-0.15, -0.1) is 11.3 Å². The minimum Gasteiger partial charge on any atom is -0.337 e. The van der Waals surface area contributed by atoms with Crippen LogP contribution in [0.15, 0.2) is 29.6 Å². The Balaban J connectivity index is 2.03. The fourth-order valence-corrected chi connectivity index (χ4v) is 3.18. The van der Waals surface area contributed by atoms with E-state index in [2.05, 4.69) is 24.1 Å². The Bertz CT molecular complexity index is 723. The second kappa shape index (κ2) is 10.3. The van der Waals surface area contributed by atoms with E-state index in [9.17, 15) is 9.59 Å². The molecule has 5 nitrogen and oxygen atoms in total. The number of amides is 2. The van der Waals surface area contributed by atoms with Crippen LogP contribution in [0.3, 0.4) is 0 Å². The highest BCUT2D eigenvalue weighted by Crippen LogP contribution is 2.19. The Hall–Kier alpha value is -1.92. The van der Waals surface area contributed by atoms with Gasteiger partial charge in [-0.2, -0.15) is 0 Å². The molecule has 1 aromatic heterocycles. The first kappa shape index (κ1) is 20.4. The van der Waals surface area contributed by atoms with E-state index in [-0.39, 0.29) is 11.8 Å². The topological polar surface area (TPSA) is 62.3 Å². The number of hydrogen-bond donors (Lipinski definition) is 1. The van der Waals surface area contributed by atoms with Crippen molar-refractivity contribution in [1.82, 2.24) is 9.88 Å². The summed E-state index contributed by atoms with van der Waals surface area (Å²) in [6.07, 6.45) is 4.02. The molecule has 0 aliphatic rings. The molecule has 1 heterocycles. The first-order chi connectivity index (χ1) is 12.5. The number of anilines is 1. The molecule has 1 aromatic carbocycles. The third kappa shape index (κ3) is 5.81. The van der Waals surface area contributed by atoms with Gasteiger partial charge in [-0.25, -0.2) is 4.98 Å². The zero-order valence-corrected chi connectivity index (χ0v) is 16.7. The van der Waals surface area contributed by atoms with Gasteiger partial charge in [-0.3, -0.25) is 14.9 Å². The van der Waals surface area contributed by atoms with E-state index in [0.29, 0.717) is 21.4 Å². The molecule has 0 radical (unpaired) electrons. The van der Waals surface area contributed by atoms with Gasteiger partial charge < -0.3 is 4.90 Å². The molecule has 26 heavy (non-hydrogen) atoms. The predicted octanol–water partition coefficient (Wildman–Crippen LogP) is 5.09. The summed E-state index contributed by atoms with van der Waals surface area (Å²) < 4.78 is 0. The van der Waals surface area contributed by atoms with E-state index < -0.39 is 0 Å². The quantitative estimate of drug-likeness (QED) is 0.645. The number of halogens is 1. The van der Waals surface area contributed by atoms with Gasteiger partial charge in [0, 0.05) is 29.1 Å². The summed E-state index contributed by atoms with van der Waals surface area (Å²) in [6.45, 7) is 5.68. The van der Waals surface area contributed by atoms with Crippen LogP contribution in [0.4, 0.5) is 5.13 Å². The summed E-state index contributed by atoms with van der Waals surface area (Å²) in [7, 11) is 0. The highest BCUT2D eigenvalue weighted by atomic mass is 35.5. The number of benzene rings is 1. The maximum absolute atomic E-state index is 12.7. The molecule has 0 atom stereocenters. The normalized spacial score (nSPS) is 10.6. The van der Waals surface area contributed by atoms with Gasteiger partial charge in [0.2, 0.25) is 0 Å². The fraction of sp³-hybridized carbons (Fsp3) is 0.421. The van der Waals surface area contributed by atoms with Crippen molar-refractivity contribution >= 4 is 39.9 Å². The van der Waals surface area contributed by atoms with Gasteiger partial charge in [0.1, 0.15) is 5.69 Å². The fourth-order valence-electron chi connectivity index (χ4n) is 2.37. The molecule has 0 saturated heterocycles. The van der Waals surface area contributed by atoms with Crippen molar-refractivity contribution in [1.29, 1.82) is 0 Å². The summed E-state index contributed by atoms with van der Waals surface area (Å²) >= 11 is 7.08. The zero-order valence-electron chi connectivity index (χ0n) is 15.1. The summed E-state index contributed by atoms with van der Waals surface area (Å²) in [4.78, 5) is 31.1. The van der Waals surface area contributed by atoms with Crippen LogP contribution in [0, 0.1) is 0 Å². The van der Waals surface area contributed by atoms with Gasteiger partial charge in [0.15, 0.2) is 5.13 Å². The van der Waals surface area contributed by atoms with Gasteiger partial charge in [0.25, 0.3) is 11.8 Å². The molecular formula is C19H24ClN3O2S. The number of aromatic nitrogens is 1. The second-order valence-corrected chi connectivity index (χ2v) is 7.29. The van der Waals surface area contributed by atoms with Crippen LogP contribution < -0.4 is 5.32 Å². The third-order valence-electron chi connectivity index (χ3n) is 3.90. The molecule has 0 saturated carbocycles. The average Bonchev–Trinajstić information content (AvgIpc) is 3.10. The Morgan fingerprint density at radius 3 is 2.31 bits per heavy atom. The number of thiazole rings is 1. The predicted molar refractivity (Wildman–Crippen MR) is 107 cm³/mol. The van der Waals surface area contributed by atoms with Crippen molar-refractivity contribution in [2.24, 2.45) is 0 Å². The maximum Gasteiger partial charge on any atom is 0.273 e. The Labute approximate surface area is 163 Å². The van der Waals surface area contributed by atoms with Crippen molar-refractivity contribution in [2.45, 2.75) is 39.5 Å². The van der Waals surface area contributed by atoms with Crippen LogP contribution in [-0.2, 0) is 0 Å². The lowest BCUT2D eigenvalue weighted by Crippen LogP contribution is -2.33. The Morgan fingerprint density at radius 1 is 1.12 bits per heavy atom. The molecule has 7 heteroatoms. The van der Waals surface area contributed by atoms with Crippen molar-refractivity contribution < 1.29 is 9.59 Å². The third-order valence-corrected chi connectivity index (χ3v) is 4.91. The van der Waals surface area contributed by atoms with Gasteiger partial charge in [-0.1, -0.05) is 38.3 Å². The van der Waals surface area contributed by atoms with Crippen LogP contribution in [-0.4, -0.2) is 34.8 Å². The standard InChI is InChI=1S/C19H24ClN3O2S/c1-3-5-11-23(12-6-4-2)18(25)16-13-26-19(21-16)22-17(24)14-7-9-15(20)10-8-14/h7-10,13H,3-6,11-12H2,1-2H3,(H,21,22,24). The Morgan fingerprint density at radius 2 is 1.73 bits per heavy atom. The summed E-state index contributed by atoms with van der Waals surface area (Å²) in [5.41, 5.74) is 0.874. The molecule has 140 valence electrons. The molecule has 0 bridgehead atoms. The van der Waals surface area contributed by atoms with Crippen LogP contribution in [0.2, 0.25) is 5.02 Å². The van der Waals surface area contributed by atoms with Crippen molar-refractivity contribution in [2.75, 3.05) is 18.4 Å². The smallest absolute Gasteiger partial charge is 0.273 e. The first-order valence-electron chi connectivity index (χ1n) is 8.86. The monoisotopic (exact) mass is 393 g/mol. The largest absolute Gasteiger partial charge is 0.337 e. The molecular weight excluding hydrogens is 370 g/mol. The molecule has 2 aromatic rings. The van der Waals surface area contributed by atoms with E-state index in [1.807, 2.05) is 4.90 Å². The molecule has 0 aliphatic carbocycles. The summed E-state index contributed by atoms with van der Waals surface area (Å²) in [5.74, 6) is -0.348. The lowest BCUT2D eigenvalue weighted by atomic mass is 10.2. The van der Waals surface area contributed by atoms with E-state index >= 15 is 0 Å². The molecule has 0 fully saturated rings. The van der Waals surface area contributed by atoms with Crippen LogP contribution in [0.1, 0.15) is 60.4 Å². The molecule has 1 N–H and O–H groups in total. The molecule has 2 amide bonds. The lowest BCUT2D eigenvalue weighted by Gasteiger charge is -2.21. The minimum atomic E-state index is -0.274. The first-order valence-corrected chi connectivity index (χ1v) is 10.1. The van der Waals surface area contributed by atoms with Crippen molar-refractivity contribution in [3.63, 3.8) is 0 Å². The number of unbranched alkanes of at least 4 members (excludes halogenated alkanes) is 2. The van der Waals surface area contributed by atoms with E-state index in [4.69, 9.17) is 11.6 Å². The highest BCUT2D eigenvalue weighted by Gasteiger charge is 2.19. The molecule has 0 unspecified atom stereocenters. The van der Waals surface area contributed by atoms with Crippen LogP contribution >= 0.6 is 22.9 Å². The Kier molecular flexibility index (Phi) is 8.06. The van der Waals surface area contributed by atoms with Crippen molar-refractivity contribution in [3.05, 3.63) is 45.9 Å². The van der Waals surface area contributed by atoms with Gasteiger partial charge in [-0.05, 0) is 37.1 Å². The molecule has 2 rings (SSSR count). The summed E-state index contributed by atoms with van der Waals surface area (Å²) in [6, 6.07) is 6.61. The summed E-state index contributed by atoms with van der Waals surface area (Å²) in [5, 5.41) is 5.42. The van der Waals surface area contributed by atoms with E-state index in [0.717, 1.165) is 38.8 Å². The number of hydrogen-bond acceptors (Lipinski definition) is 4. The lowest BCUT2D eigenvalue weighted by molar-refractivity contribution is 0.0745. The number of nitrogens with zero attached hydrogens (tertiary/aromatic N) is 2. The van der Waals surface area contributed by atoms with E-state index in [1.54, 1.807) is 29.6 Å². The maximum atomic E-state index is 12.7. The van der Waals surface area contributed by atoms with Crippen LogP contribution in [0.25, 0.3) is 0 Å². The number of carbonyl (C=O) groups excluding carboxylic acids is 2. The average molecular weight is 394 g/mol. The molecule has 0 spiro atoms. The number of nitrogens with one attached hydrogen (secondary N) is 1. The van der Waals surface area contributed by atoms with Gasteiger partial charge in [0.05, 0.1) is 0 Å². The zero-order chi connectivity index (χ0) is 18.9. The van der Waals surface area contributed by atoms with Crippen LogP contribution in [0.5, 0.6) is 0 Å². The SMILES string of the molecule is CCCCN(CCCC)C(=O)c1csc(NC(=O)c2ccc(Cl)cc2)n1. The highest BCUT2D eigenvalue weighted by molar-refractivity contribution is 7.14. The minimum absolute atomic E-state index is 0.0739. The van der Waals surface area contributed by atoms with E-state index in [1.165, 1.54) is 11.3 Å². The number of carbonyl (C=O) groups is 2. The number of rotatable bonds is 9. The second-order valence-electron chi connectivity index (χ2n) is 6.00.